The molecule has 1 amide bonds. The number of rotatable bonds is 1. The van der Waals surface area contributed by atoms with Crippen molar-refractivity contribution in [2.24, 2.45) is 5.92 Å². The first-order valence-corrected chi connectivity index (χ1v) is 7.23. The molecule has 1 aromatic carbocycles. The van der Waals surface area contributed by atoms with Crippen molar-refractivity contribution in [3.63, 3.8) is 0 Å². The van der Waals surface area contributed by atoms with Crippen molar-refractivity contribution in [1.82, 2.24) is 14.9 Å². The summed E-state index contributed by atoms with van der Waals surface area (Å²) in [6.45, 7) is 3.52. The Kier molecular flexibility index (Phi) is 3.57. The number of benzene rings is 1. The zero-order valence-electron chi connectivity index (χ0n) is 11.3. The van der Waals surface area contributed by atoms with Gasteiger partial charge in [0.25, 0.3) is 5.91 Å². The highest BCUT2D eigenvalue weighted by atomic mass is 35.5. The third kappa shape index (κ3) is 2.48. The second-order valence-electron chi connectivity index (χ2n) is 5.29. The smallest absolute Gasteiger partial charge is 0.253 e. The monoisotopic (exact) mass is 289 g/mol. The molecule has 5 heteroatoms. The molecule has 0 saturated carbocycles. The molecule has 104 valence electrons. The van der Waals surface area contributed by atoms with E-state index in [1.54, 1.807) is 12.4 Å². The zero-order valence-corrected chi connectivity index (χ0v) is 12.0. The van der Waals surface area contributed by atoms with Gasteiger partial charge < -0.3 is 4.90 Å². The van der Waals surface area contributed by atoms with Gasteiger partial charge in [0.15, 0.2) is 0 Å². The van der Waals surface area contributed by atoms with E-state index in [9.17, 15) is 4.79 Å². The number of hydrogen-bond acceptors (Lipinski definition) is 3. The summed E-state index contributed by atoms with van der Waals surface area (Å²) in [6, 6.07) is 5.46. The molecule has 1 aliphatic rings. The van der Waals surface area contributed by atoms with Crippen LogP contribution in [0.5, 0.6) is 0 Å². The first-order chi connectivity index (χ1) is 9.65. The predicted molar refractivity (Wildman–Crippen MR) is 78.9 cm³/mol. The molecular weight excluding hydrogens is 274 g/mol. The minimum absolute atomic E-state index is 0.0490. The summed E-state index contributed by atoms with van der Waals surface area (Å²) in [7, 11) is 0. The molecule has 0 aliphatic carbocycles. The van der Waals surface area contributed by atoms with Crippen LogP contribution in [-0.2, 0) is 0 Å². The molecule has 0 N–H and O–H groups in total. The number of hydrogen-bond donors (Lipinski definition) is 0. The number of amides is 1. The third-order valence-corrected chi connectivity index (χ3v) is 4.45. The lowest BCUT2D eigenvalue weighted by atomic mass is 9.99. The van der Waals surface area contributed by atoms with Gasteiger partial charge in [-0.3, -0.25) is 14.8 Å². The lowest BCUT2D eigenvalue weighted by Crippen LogP contribution is -2.43. The van der Waals surface area contributed by atoms with E-state index in [2.05, 4.69) is 16.9 Å². The van der Waals surface area contributed by atoms with E-state index >= 15 is 0 Å². The maximum Gasteiger partial charge on any atom is 0.253 e. The molecular formula is C15H16ClN3O. The largest absolute Gasteiger partial charge is 0.338 e. The van der Waals surface area contributed by atoms with Gasteiger partial charge in [-0.1, -0.05) is 6.92 Å². The molecule has 2 aromatic rings. The molecule has 3 rings (SSSR count). The first-order valence-electron chi connectivity index (χ1n) is 6.79. The van der Waals surface area contributed by atoms with Crippen LogP contribution in [0.4, 0.5) is 0 Å². The van der Waals surface area contributed by atoms with E-state index < -0.39 is 0 Å². The Balaban J connectivity index is 1.85. The molecule has 1 aromatic heterocycles. The highest BCUT2D eigenvalue weighted by Crippen LogP contribution is 2.23. The molecule has 2 unspecified atom stereocenters. The number of carbonyl (C=O) groups excluding carboxylic acids is 1. The normalized spacial score (nSPS) is 23.0. The number of aromatic nitrogens is 2. The van der Waals surface area contributed by atoms with Crippen molar-refractivity contribution in [1.29, 1.82) is 0 Å². The van der Waals surface area contributed by atoms with Gasteiger partial charge in [0.05, 0.1) is 11.0 Å². The highest BCUT2D eigenvalue weighted by molar-refractivity contribution is 6.20. The summed E-state index contributed by atoms with van der Waals surface area (Å²) in [5.41, 5.74) is 2.22. The molecule has 1 saturated heterocycles. The van der Waals surface area contributed by atoms with Crippen molar-refractivity contribution < 1.29 is 4.79 Å². The topological polar surface area (TPSA) is 46.1 Å². The Morgan fingerprint density at radius 1 is 1.30 bits per heavy atom. The number of halogens is 1. The lowest BCUT2D eigenvalue weighted by Gasteiger charge is -2.34. The Hall–Kier alpha value is -1.68. The zero-order chi connectivity index (χ0) is 14.1. The van der Waals surface area contributed by atoms with Gasteiger partial charge in [0, 0.05) is 36.4 Å². The van der Waals surface area contributed by atoms with Crippen molar-refractivity contribution in [2.45, 2.75) is 18.7 Å². The van der Waals surface area contributed by atoms with Crippen LogP contribution in [0, 0.1) is 5.92 Å². The van der Waals surface area contributed by atoms with Crippen LogP contribution in [0.25, 0.3) is 11.0 Å². The van der Waals surface area contributed by atoms with E-state index in [0.717, 1.165) is 24.0 Å². The summed E-state index contributed by atoms with van der Waals surface area (Å²) >= 11 is 6.20. The molecule has 0 bridgehead atoms. The SMILES string of the molecule is CC1CN(C(=O)c2ccc3nccnc3c2)CCC1Cl. The summed E-state index contributed by atoms with van der Waals surface area (Å²) in [5, 5.41) is 0.168. The Morgan fingerprint density at radius 2 is 2.05 bits per heavy atom. The molecule has 4 nitrogen and oxygen atoms in total. The van der Waals surface area contributed by atoms with E-state index in [1.165, 1.54) is 0 Å². The fourth-order valence-electron chi connectivity index (χ4n) is 2.58. The van der Waals surface area contributed by atoms with E-state index in [1.807, 2.05) is 23.1 Å². The van der Waals surface area contributed by atoms with E-state index in [4.69, 9.17) is 11.6 Å². The number of fused-ring (bicyclic) bond motifs is 1. The maximum atomic E-state index is 12.5. The molecule has 1 aliphatic heterocycles. The molecule has 0 radical (unpaired) electrons. The average molecular weight is 290 g/mol. The minimum atomic E-state index is 0.0490. The quantitative estimate of drug-likeness (QED) is 0.758. The van der Waals surface area contributed by atoms with Crippen molar-refractivity contribution >= 4 is 28.5 Å². The van der Waals surface area contributed by atoms with Gasteiger partial charge in [-0.05, 0) is 30.5 Å². The molecule has 0 spiro atoms. The standard InChI is InChI=1S/C15H16ClN3O/c1-10-9-19(7-4-12(10)16)15(20)11-2-3-13-14(8-11)18-6-5-17-13/h2-3,5-6,8,10,12H,4,7,9H2,1H3. The fraction of sp³-hybridized carbons (Fsp3) is 0.400. The second kappa shape index (κ2) is 5.37. The number of likely N-dealkylation sites (tertiary alicyclic amines) is 1. The minimum Gasteiger partial charge on any atom is -0.338 e. The number of alkyl halides is 1. The van der Waals surface area contributed by atoms with Gasteiger partial charge >= 0.3 is 0 Å². The summed E-state index contributed by atoms with van der Waals surface area (Å²) in [6.07, 6.45) is 4.14. The van der Waals surface area contributed by atoms with Crippen molar-refractivity contribution in [3.8, 4) is 0 Å². The molecule has 2 atom stereocenters. The Morgan fingerprint density at radius 3 is 2.80 bits per heavy atom. The van der Waals surface area contributed by atoms with Crippen LogP contribution in [0.3, 0.4) is 0 Å². The second-order valence-corrected chi connectivity index (χ2v) is 5.85. The van der Waals surface area contributed by atoms with Gasteiger partial charge in [-0.2, -0.15) is 0 Å². The Labute approximate surface area is 122 Å². The van der Waals surface area contributed by atoms with E-state index in [0.29, 0.717) is 18.0 Å². The van der Waals surface area contributed by atoms with Gasteiger partial charge in [-0.25, -0.2) is 0 Å². The third-order valence-electron chi connectivity index (χ3n) is 3.80. The predicted octanol–water partition coefficient (Wildman–Crippen LogP) is 2.72. The van der Waals surface area contributed by atoms with Crippen molar-refractivity contribution in [3.05, 3.63) is 36.2 Å². The Bertz CT molecular complexity index is 646. The first kappa shape index (κ1) is 13.3. The van der Waals surface area contributed by atoms with E-state index in [-0.39, 0.29) is 11.3 Å². The molecule has 2 heterocycles. The van der Waals surface area contributed by atoms with Crippen LogP contribution in [-0.4, -0.2) is 39.2 Å². The van der Waals surface area contributed by atoms with Crippen LogP contribution in [0.15, 0.2) is 30.6 Å². The molecule has 1 fully saturated rings. The fourth-order valence-corrected chi connectivity index (χ4v) is 2.76. The summed E-state index contributed by atoms with van der Waals surface area (Å²) in [4.78, 5) is 22.9. The number of carbonyl (C=O) groups is 1. The average Bonchev–Trinajstić information content (AvgIpc) is 2.49. The summed E-state index contributed by atoms with van der Waals surface area (Å²) < 4.78 is 0. The van der Waals surface area contributed by atoms with Crippen LogP contribution < -0.4 is 0 Å². The highest BCUT2D eigenvalue weighted by Gasteiger charge is 2.27. The van der Waals surface area contributed by atoms with Crippen LogP contribution in [0.1, 0.15) is 23.7 Å². The van der Waals surface area contributed by atoms with Gasteiger partial charge in [0.1, 0.15) is 0 Å². The van der Waals surface area contributed by atoms with Gasteiger partial charge in [0.2, 0.25) is 0 Å². The summed E-state index contributed by atoms with van der Waals surface area (Å²) in [5.74, 6) is 0.377. The van der Waals surface area contributed by atoms with Crippen molar-refractivity contribution in [2.75, 3.05) is 13.1 Å². The maximum absolute atomic E-state index is 12.5. The number of nitrogens with zero attached hydrogens (tertiary/aromatic N) is 3. The molecule has 20 heavy (non-hydrogen) atoms. The number of piperidine rings is 1. The van der Waals surface area contributed by atoms with Gasteiger partial charge in [-0.15, -0.1) is 11.6 Å². The lowest BCUT2D eigenvalue weighted by molar-refractivity contribution is 0.0687. The van der Waals surface area contributed by atoms with Crippen LogP contribution >= 0.6 is 11.6 Å². The van der Waals surface area contributed by atoms with Crippen LogP contribution in [0.2, 0.25) is 0 Å².